The van der Waals surface area contributed by atoms with Crippen LogP contribution in [0.25, 0.3) is 0 Å². The van der Waals surface area contributed by atoms with Crippen LogP contribution < -0.4 is 11.1 Å². The molecule has 1 rings (SSSR count). The second kappa shape index (κ2) is 9.10. The first kappa shape index (κ1) is 17.1. The average molecular weight is 294 g/mol. The fourth-order valence-electron chi connectivity index (χ4n) is 1.65. The van der Waals surface area contributed by atoms with Crippen LogP contribution in [0.3, 0.4) is 0 Å². The lowest BCUT2D eigenvalue weighted by Gasteiger charge is -2.12. The summed E-state index contributed by atoms with van der Waals surface area (Å²) >= 11 is 0. The van der Waals surface area contributed by atoms with Crippen LogP contribution in [0.2, 0.25) is 0 Å². The van der Waals surface area contributed by atoms with Crippen molar-refractivity contribution in [2.24, 2.45) is 5.73 Å². The Hall–Kier alpha value is -1.92. The quantitative estimate of drug-likeness (QED) is 0.710. The van der Waals surface area contributed by atoms with Crippen molar-refractivity contribution in [3.05, 3.63) is 29.8 Å². The van der Waals surface area contributed by atoms with Crippen LogP contribution in [-0.4, -0.2) is 38.2 Å². The number of nitrogens with two attached hydrogens (primary N) is 1. The molecule has 3 N–H and O–H groups in total. The van der Waals surface area contributed by atoms with Crippen molar-refractivity contribution in [3.63, 3.8) is 0 Å². The maximum Gasteiger partial charge on any atom is 0.338 e. The van der Waals surface area contributed by atoms with Crippen molar-refractivity contribution in [1.29, 1.82) is 0 Å². The maximum atomic E-state index is 11.8. The van der Waals surface area contributed by atoms with Gasteiger partial charge in [-0.1, -0.05) is 6.92 Å². The zero-order valence-corrected chi connectivity index (χ0v) is 12.4. The molecule has 0 heterocycles. The van der Waals surface area contributed by atoms with E-state index >= 15 is 0 Å². The van der Waals surface area contributed by atoms with Gasteiger partial charge in [-0.15, -0.1) is 0 Å². The minimum Gasteiger partial charge on any atom is -0.462 e. The second-order valence-electron chi connectivity index (χ2n) is 4.56. The van der Waals surface area contributed by atoms with Crippen molar-refractivity contribution in [1.82, 2.24) is 0 Å². The van der Waals surface area contributed by atoms with E-state index in [0.29, 0.717) is 17.9 Å². The standard InChI is InChI=1S/C15H22N2O4/c1-3-8-21-15(19)11-4-6-12(7-5-11)17-14(18)9-13(10-16)20-2/h4-7,13H,3,8-10,16H2,1-2H3,(H,17,18). The summed E-state index contributed by atoms with van der Waals surface area (Å²) in [5.41, 5.74) is 6.53. The van der Waals surface area contributed by atoms with E-state index in [-0.39, 0.29) is 30.9 Å². The van der Waals surface area contributed by atoms with E-state index in [0.717, 1.165) is 6.42 Å². The van der Waals surface area contributed by atoms with Gasteiger partial charge in [-0.25, -0.2) is 4.79 Å². The van der Waals surface area contributed by atoms with E-state index in [2.05, 4.69) is 5.32 Å². The smallest absolute Gasteiger partial charge is 0.338 e. The van der Waals surface area contributed by atoms with E-state index in [1.54, 1.807) is 24.3 Å². The molecular formula is C15H22N2O4. The van der Waals surface area contributed by atoms with Gasteiger partial charge in [0.05, 0.1) is 24.7 Å². The average Bonchev–Trinajstić information content (AvgIpc) is 2.50. The van der Waals surface area contributed by atoms with E-state index in [9.17, 15) is 9.59 Å². The minimum absolute atomic E-state index is 0.186. The van der Waals surface area contributed by atoms with Gasteiger partial charge in [0.15, 0.2) is 0 Å². The molecule has 1 atom stereocenters. The van der Waals surface area contributed by atoms with Gasteiger partial charge in [0.25, 0.3) is 0 Å². The predicted molar refractivity (Wildman–Crippen MR) is 80.1 cm³/mol. The zero-order chi connectivity index (χ0) is 15.7. The molecule has 1 amide bonds. The maximum absolute atomic E-state index is 11.8. The molecule has 116 valence electrons. The molecule has 1 aromatic carbocycles. The fourth-order valence-corrected chi connectivity index (χ4v) is 1.65. The molecule has 0 saturated carbocycles. The molecule has 1 aromatic rings. The number of rotatable bonds is 8. The molecule has 1 unspecified atom stereocenters. The third kappa shape index (κ3) is 5.93. The lowest BCUT2D eigenvalue weighted by atomic mass is 10.2. The van der Waals surface area contributed by atoms with Crippen LogP contribution in [0.1, 0.15) is 30.1 Å². The summed E-state index contributed by atoms with van der Waals surface area (Å²) < 4.78 is 10.1. The number of carbonyl (C=O) groups is 2. The number of esters is 1. The van der Waals surface area contributed by atoms with Gasteiger partial charge >= 0.3 is 5.97 Å². The lowest BCUT2D eigenvalue weighted by molar-refractivity contribution is -0.118. The van der Waals surface area contributed by atoms with Gasteiger partial charge in [-0.2, -0.15) is 0 Å². The summed E-state index contributed by atoms with van der Waals surface area (Å²) in [5, 5.41) is 2.72. The number of hydrogen-bond acceptors (Lipinski definition) is 5. The highest BCUT2D eigenvalue weighted by Gasteiger charge is 2.12. The van der Waals surface area contributed by atoms with E-state index in [4.69, 9.17) is 15.2 Å². The molecule has 0 aliphatic heterocycles. The van der Waals surface area contributed by atoms with Crippen LogP contribution in [0.4, 0.5) is 5.69 Å². The van der Waals surface area contributed by atoms with Crippen LogP contribution >= 0.6 is 0 Å². The minimum atomic E-state index is -0.364. The third-order valence-electron chi connectivity index (χ3n) is 2.85. The number of benzene rings is 1. The molecule has 0 spiro atoms. The van der Waals surface area contributed by atoms with Gasteiger partial charge in [-0.05, 0) is 30.7 Å². The highest BCUT2D eigenvalue weighted by atomic mass is 16.5. The molecule has 0 aliphatic carbocycles. The van der Waals surface area contributed by atoms with Gasteiger partial charge < -0.3 is 20.5 Å². The van der Waals surface area contributed by atoms with Crippen LogP contribution in [-0.2, 0) is 14.3 Å². The second-order valence-corrected chi connectivity index (χ2v) is 4.56. The molecular weight excluding hydrogens is 272 g/mol. The summed E-state index contributed by atoms with van der Waals surface area (Å²) in [6.07, 6.45) is 0.669. The van der Waals surface area contributed by atoms with Gasteiger partial charge in [-0.3, -0.25) is 4.79 Å². The number of carbonyl (C=O) groups excluding carboxylic acids is 2. The summed E-state index contributed by atoms with van der Waals surface area (Å²) in [4.78, 5) is 23.4. The Morgan fingerprint density at radius 3 is 2.48 bits per heavy atom. The van der Waals surface area contributed by atoms with Gasteiger partial charge in [0.2, 0.25) is 5.91 Å². The Morgan fingerprint density at radius 2 is 1.95 bits per heavy atom. The van der Waals surface area contributed by atoms with Crippen molar-refractivity contribution in [2.75, 3.05) is 25.6 Å². The van der Waals surface area contributed by atoms with Crippen LogP contribution in [0.15, 0.2) is 24.3 Å². The molecule has 0 radical (unpaired) electrons. The summed E-state index contributed by atoms with van der Waals surface area (Å²) in [6, 6.07) is 6.55. The Balaban J connectivity index is 2.54. The number of amides is 1. The van der Waals surface area contributed by atoms with E-state index in [1.807, 2.05) is 6.92 Å². The van der Waals surface area contributed by atoms with E-state index in [1.165, 1.54) is 7.11 Å². The molecule has 6 heteroatoms. The Bertz CT molecular complexity index is 455. The Kier molecular flexibility index (Phi) is 7.42. The predicted octanol–water partition coefficient (Wildman–Crippen LogP) is 1.56. The molecule has 0 bridgehead atoms. The Labute approximate surface area is 124 Å². The first-order chi connectivity index (χ1) is 10.1. The zero-order valence-electron chi connectivity index (χ0n) is 12.4. The molecule has 6 nitrogen and oxygen atoms in total. The normalized spacial score (nSPS) is 11.8. The van der Waals surface area contributed by atoms with E-state index < -0.39 is 0 Å². The molecule has 0 aliphatic rings. The van der Waals surface area contributed by atoms with Gasteiger partial charge in [0, 0.05) is 19.3 Å². The monoisotopic (exact) mass is 294 g/mol. The molecule has 0 saturated heterocycles. The number of ether oxygens (including phenoxy) is 2. The van der Waals surface area contributed by atoms with Gasteiger partial charge in [0.1, 0.15) is 0 Å². The molecule has 0 aromatic heterocycles. The first-order valence-electron chi connectivity index (χ1n) is 6.90. The van der Waals surface area contributed by atoms with Crippen LogP contribution in [0.5, 0.6) is 0 Å². The highest BCUT2D eigenvalue weighted by Crippen LogP contribution is 2.11. The van der Waals surface area contributed by atoms with Crippen molar-refractivity contribution >= 4 is 17.6 Å². The summed E-state index contributed by atoms with van der Waals surface area (Å²) in [6.45, 7) is 2.61. The number of anilines is 1. The SMILES string of the molecule is CCCOC(=O)c1ccc(NC(=O)CC(CN)OC)cc1. The number of nitrogens with one attached hydrogen (secondary N) is 1. The molecule has 21 heavy (non-hydrogen) atoms. The fraction of sp³-hybridized carbons (Fsp3) is 0.467. The third-order valence-corrected chi connectivity index (χ3v) is 2.85. The largest absolute Gasteiger partial charge is 0.462 e. The van der Waals surface area contributed by atoms with Crippen molar-refractivity contribution in [3.8, 4) is 0 Å². The highest BCUT2D eigenvalue weighted by molar-refractivity contribution is 5.93. The van der Waals surface area contributed by atoms with Crippen molar-refractivity contribution < 1.29 is 19.1 Å². The summed E-state index contributed by atoms with van der Waals surface area (Å²) in [5.74, 6) is -0.550. The van der Waals surface area contributed by atoms with Crippen molar-refractivity contribution in [2.45, 2.75) is 25.9 Å². The number of hydrogen-bond donors (Lipinski definition) is 2. The lowest BCUT2D eigenvalue weighted by Crippen LogP contribution is -2.28. The van der Waals surface area contributed by atoms with Crippen LogP contribution in [0, 0.1) is 0 Å². The summed E-state index contributed by atoms with van der Waals surface area (Å²) in [7, 11) is 1.52. The first-order valence-corrected chi connectivity index (χ1v) is 6.90. The topological polar surface area (TPSA) is 90.7 Å². The molecule has 0 fully saturated rings. The number of methoxy groups -OCH3 is 1. The Morgan fingerprint density at radius 1 is 1.29 bits per heavy atom.